The van der Waals surface area contributed by atoms with Crippen molar-refractivity contribution in [3.05, 3.63) is 70.3 Å². The Morgan fingerprint density at radius 2 is 1.82 bits per heavy atom. The SMILES string of the molecule is CSCCC(NC(=O)OCc1ccccc1)C(=O)Oc1ccc([N+](=O)[O-])cc1. The molecular weight excluding hydrogens is 384 g/mol. The van der Waals surface area contributed by atoms with Gasteiger partial charge in [0.25, 0.3) is 5.69 Å². The molecule has 9 heteroatoms. The van der Waals surface area contributed by atoms with Gasteiger partial charge < -0.3 is 14.8 Å². The number of carbonyl (C=O) groups excluding carboxylic acids is 2. The molecule has 28 heavy (non-hydrogen) atoms. The summed E-state index contributed by atoms with van der Waals surface area (Å²) in [5, 5.41) is 13.2. The van der Waals surface area contributed by atoms with Crippen LogP contribution in [-0.4, -0.2) is 35.0 Å². The number of amides is 1. The molecule has 0 saturated heterocycles. The Bertz CT molecular complexity index is 798. The fourth-order valence-electron chi connectivity index (χ4n) is 2.21. The molecule has 0 fully saturated rings. The van der Waals surface area contributed by atoms with E-state index in [9.17, 15) is 19.7 Å². The highest BCUT2D eigenvalue weighted by atomic mass is 32.2. The quantitative estimate of drug-likeness (QED) is 0.295. The van der Waals surface area contributed by atoms with Gasteiger partial charge in [0, 0.05) is 12.1 Å². The van der Waals surface area contributed by atoms with Crippen LogP contribution in [0, 0.1) is 10.1 Å². The van der Waals surface area contributed by atoms with Crippen LogP contribution in [0.4, 0.5) is 10.5 Å². The Hall–Kier alpha value is -3.07. The van der Waals surface area contributed by atoms with Crippen LogP contribution in [-0.2, 0) is 16.1 Å². The number of nitro groups is 1. The van der Waals surface area contributed by atoms with E-state index in [0.717, 1.165) is 5.56 Å². The first-order chi connectivity index (χ1) is 13.5. The van der Waals surface area contributed by atoms with E-state index in [4.69, 9.17) is 9.47 Å². The highest BCUT2D eigenvalue weighted by Gasteiger charge is 2.23. The van der Waals surface area contributed by atoms with Gasteiger partial charge in [0.15, 0.2) is 0 Å². The van der Waals surface area contributed by atoms with Gasteiger partial charge in [-0.1, -0.05) is 30.3 Å². The van der Waals surface area contributed by atoms with Crippen LogP contribution >= 0.6 is 11.8 Å². The number of alkyl carbamates (subject to hydrolysis) is 1. The molecule has 1 N–H and O–H groups in total. The van der Waals surface area contributed by atoms with Crippen LogP contribution in [0.5, 0.6) is 5.75 Å². The average molecular weight is 404 g/mol. The minimum Gasteiger partial charge on any atom is -0.445 e. The lowest BCUT2D eigenvalue weighted by atomic mass is 10.2. The van der Waals surface area contributed by atoms with Gasteiger partial charge in [-0.3, -0.25) is 10.1 Å². The van der Waals surface area contributed by atoms with E-state index in [2.05, 4.69) is 5.32 Å². The molecule has 0 bridgehead atoms. The number of thioether (sulfide) groups is 1. The number of nitrogens with one attached hydrogen (secondary N) is 1. The molecule has 8 nitrogen and oxygen atoms in total. The van der Waals surface area contributed by atoms with Crippen LogP contribution < -0.4 is 10.1 Å². The molecule has 0 aromatic heterocycles. The molecule has 0 aliphatic rings. The van der Waals surface area contributed by atoms with Crippen LogP contribution in [0.25, 0.3) is 0 Å². The summed E-state index contributed by atoms with van der Waals surface area (Å²) in [5.74, 6) is 0.114. The van der Waals surface area contributed by atoms with Gasteiger partial charge in [-0.05, 0) is 36.1 Å². The summed E-state index contributed by atoms with van der Waals surface area (Å²) in [7, 11) is 0. The second-order valence-electron chi connectivity index (χ2n) is 5.71. The van der Waals surface area contributed by atoms with Gasteiger partial charge in [-0.15, -0.1) is 0 Å². The molecule has 1 atom stereocenters. The first-order valence-corrected chi connectivity index (χ1v) is 9.81. The molecular formula is C19H20N2O6S. The number of non-ortho nitro benzene ring substituents is 1. The highest BCUT2D eigenvalue weighted by Crippen LogP contribution is 2.18. The van der Waals surface area contributed by atoms with E-state index in [1.54, 1.807) is 0 Å². The van der Waals surface area contributed by atoms with Gasteiger partial charge in [-0.25, -0.2) is 9.59 Å². The molecule has 0 heterocycles. The Balaban J connectivity index is 1.93. The normalized spacial score (nSPS) is 11.3. The zero-order valence-electron chi connectivity index (χ0n) is 15.2. The van der Waals surface area contributed by atoms with E-state index < -0.39 is 23.0 Å². The summed E-state index contributed by atoms with van der Waals surface area (Å²) in [6.45, 7) is 0.0827. The number of hydrogen-bond donors (Lipinski definition) is 1. The van der Waals surface area contributed by atoms with Crippen molar-refractivity contribution in [3.63, 3.8) is 0 Å². The van der Waals surface area contributed by atoms with Crippen molar-refractivity contribution in [1.29, 1.82) is 0 Å². The third kappa shape index (κ3) is 6.92. The van der Waals surface area contributed by atoms with Crippen molar-refractivity contribution in [2.24, 2.45) is 0 Å². The second-order valence-corrected chi connectivity index (χ2v) is 6.70. The predicted octanol–water partition coefficient (Wildman–Crippen LogP) is 3.55. The van der Waals surface area contributed by atoms with E-state index in [1.165, 1.54) is 36.0 Å². The van der Waals surface area contributed by atoms with Crippen molar-refractivity contribution < 1.29 is 24.0 Å². The molecule has 0 saturated carbocycles. The Morgan fingerprint density at radius 1 is 1.14 bits per heavy atom. The third-order valence-corrected chi connectivity index (χ3v) is 4.31. The molecule has 148 valence electrons. The van der Waals surface area contributed by atoms with Crippen molar-refractivity contribution >= 4 is 29.5 Å². The Labute approximate surface area is 166 Å². The summed E-state index contributed by atoms with van der Waals surface area (Å²) >= 11 is 1.52. The number of hydrogen-bond acceptors (Lipinski definition) is 7. The Kier molecular flexibility index (Phi) is 8.29. The highest BCUT2D eigenvalue weighted by molar-refractivity contribution is 7.98. The minimum absolute atomic E-state index is 0.0827. The molecule has 2 rings (SSSR count). The lowest BCUT2D eigenvalue weighted by Crippen LogP contribution is -2.43. The number of esters is 1. The largest absolute Gasteiger partial charge is 0.445 e. The minimum atomic E-state index is -0.897. The molecule has 0 aliphatic carbocycles. The fraction of sp³-hybridized carbons (Fsp3) is 0.263. The molecule has 0 spiro atoms. The van der Waals surface area contributed by atoms with Crippen LogP contribution in [0.3, 0.4) is 0 Å². The number of ether oxygens (including phenoxy) is 2. The van der Waals surface area contributed by atoms with E-state index >= 15 is 0 Å². The summed E-state index contributed by atoms with van der Waals surface area (Å²) in [6.07, 6.45) is 1.51. The predicted molar refractivity (Wildman–Crippen MR) is 105 cm³/mol. The maximum Gasteiger partial charge on any atom is 0.408 e. The smallest absolute Gasteiger partial charge is 0.408 e. The summed E-state index contributed by atoms with van der Waals surface area (Å²) < 4.78 is 10.4. The third-order valence-electron chi connectivity index (χ3n) is 3.67. The maximum atomic E-state index is 12.4. The van der Waals surface area contributed by atoms with E-state index in [0.29, 0.717) is 12.2 Å². The lowest BCUT2D eigenvalue weighted by molar-refractivity contribution is -0.384. The number of nitrogens with zero attached hydrogens (tertiary/aromatic N) is 1. The molecule has 0 radical (unpaired) electrons. The summed E-state index contributed by atoms with van der Waals surface area (Å²) in [5.41, 5.74) is 0.716. The van der Waals surface area contributed by atoms with E-state index in [-0.39, 0.29) is 18.0 Å². The van der Waals surface area contributed by atoms with Gasteiger partial charge >= 0.3 is 12.1 Å². The fourth-order valence-corrected chi connectivity index (χ4v) is 2.69. The summed E-state index contributed by atoms with van der Waals surface area (Å²) in [4.78, 5) is 34.6. The van der Waals surface area contributed by atoms with Crippen LogP contribution in [0.15, 0.2) is 54.6 Å². The number of rotatable bonds is 9. The van der Waals surface area contributed by atoms with Gasteiger partial charge in [-0.2, -0.15) is 11.8 Å². The van der Waals surface area contributed by atoms with Crippen molar-refractivity contribution in [2.75, 3.05) is 12.0 Å². The first-order valence-electron chi connectivity index (χ1n) is 8.42. The van der Waals surface area contributed by atoms with Crippen LogP contribution in [0.1, 0.15) is 12.0 Å². The number of nitro benzene ring substituents is 1. The molecule has 1 amide bonds. The molecule has 2 aromatic rings. The number of benzene rings is 2. The van der Waals surface area contributed by atoms with Crippen molar-refractivity contribution in [2.45, 2.75) is 19.1 Å². The zero-order valence-corrected chi connectivity index (χ0v) is 16.0. The summed E-state index contributed by atoms with van der Waals surface area (Å²) in [6, 6.07) is 13.4. The topological polar surface area (TPSA) is 108 Å². The lowest BCUT2D eigenvalue weighted by Gasteiger charge is -2.17. The first kappa shape index (κ1) is 21.2. The average Bonchev–Trinajstić information content (AvgIpc) is 2.70. The van der Waals surface area contributed by atoms with Gasteiger partial charge in [0.2, 0.25) is 0 Å². The molecule has 2 aromatic carbocycles. The second kappa shape index (κ2) is 10.9. The number of carbonyl (C=O) groups is 2. The van der Waals surface area contributed by atoms with Crippen LogP contribution in [0.2, 0.25) is 0 Å². The zero-order chi connectivity index (χ0) is 20.4. The van der Waals surface area contributed by atoms with Crippen molar-refractivity contribution in [3.8, 4) is 5.75 Å². The Morgan fingerprint density at radius 3 is 2.43 bits per heavy atom. The van der Waals surface area contributed by atoms with E-state index in [1.807, 2.05) is 36.6 Å². The molecule has 1 unspecified atom stereocenters. The monoisotopic (exact) mass is 404 g/mol. The molecule has 0 aliphatic heterocycles. The van der Waals surface area contributed by atoms with Gasteiger partial charge in [0.05, 0.1) is 4.92 Å². The van der Waals surface area contributed by atoms with Gasteiger partial charge in [0.1, 0.15) is 18.4 Å². The van der Waals surface area contributed by atoms with Crippen molar-refractivity contribution in [1.82, 2.24) is 5.32 Å². The maximum absolute atomic E-state index is 12.4. The standard InChI is InChI=1S/C19H20N2O6S/c1-28-12-11-17(20-19(23)26-13-14-5-3-2-4-6-14)18(22)27-16-9-7-15(8-10-16)21(24)25/h2-10,17H,11-13H2,1H3,(H,20,23).